The third kappa shape index (κ3) is 2.17. The summed E-state index contributed by atoms with van der Waals surface area (Å²) in [6.07, 6.45) is -1.39. The molecule has 1 aliphatic heterocycles. The van der Waals surface area contributed by atoms with E-state index in [1.807, 2.05) is 0 Å². The number of aliphatic hydroxyl groups is 1. The number of amides is 1. The third-order valence-electron chi connectivity index (χ3n) is 2.19. The van der Waals surface area contributed by atoms with Crippen LogP contribution in [0.25, 0.3) is 0 Å². The van der Waals surface area contributed by atoms with Gasteiger partial charge in [-0.15, -0.1) is 0 Å². The predicted octanol–water partition coefficient (Wildman–Crippen LogP) is -0.895. The normalized spacial score (nSPS) is 26.3. The lowest BCUT2D eigenvalue weighted by atomic mass is 10.0. The Bertz CT molecular complexity index is 225. The summed E-state index contributed by atoms with van der Waals surface area (Å²) < 4.78 is 26.3. The molecule has 0 aromatic carbocycles. The summed E-state index contributed by atoms with van der Waals surface area (Å²) in [5, 5.41) is 8.49. The van der Waals surface area contributed by atoms with Crippen molar-refractivity contribution in [2.45, 2.75) is 18.4 Å². The molecule has 0 bridgehead atoms. The van der Waals surface area contributed by atoms with Crippen LogP contribution in [0.2, 0.25) is 0 Å². The van der Waals surface area contributed by atoms with Crippen molar-refractivity contribution >= 4 is 5.91 Å². The Morgan fingerprint density at radius 1 is 1.71 bits per heavy atom. The van der Waals surface area contributed by atoms with Gasteiger partial charge in [0.15, 0.2) is 0 Å². The van der Waals surface area contributed by atoms with Crippen LogP contribution in [0.15, 0.2) is 0 Å². The molecule has 0 spiro atoms. The number of halogens is 2. The first-order valence-corrected chi connectivity index (χ1v) is 4.13. The lowest BCUT2D eigenvalue weighted by Gasteiger charge is -2.36. The summed E-state index contributed by atoms with van der Waals surface area (Å²) in [6.45, 7) is -1.39. The van der Waals surface area contributed by atoms with E-state index in [2.05, 4.69) is 4.84 Å². The molecule has 0 saturated carbocycles. The highest BCUT2D eigenvalue weighted by Gasteiger charge is 2.46. The largest absolute Gasteiger partial charge is 0.387 e. The van der Waals surface area contributed by atoms with Crippen LogP contribution in [-0.4, -0.2) is 47.6 Å². The molecule has 3 N–H and O–H groups in total. The molecule has 1 heterocycles. The average molecular weight is 210 g/mol. The molecule has 0 aromatic rings. The molecule has 1 atom stereocenters. The van der Waals surface area contributed by atoms with Gasteiger partial charge in [-0.05, 0) is 6.42 Å². The second-order valence-electron chi connectivity index (χ2n) is 3.15. The number of hydrogen-bond donors (Lipinski definition) is 2. The van der Waals surface area contributed by atoms with Gasteiger partial charge in [-0.2, -0.15) is 0 Å². The minimum absolute atomic E-state index is 0.0325. The zero-order chi connectivity index (χ0) is 10.8. The summed E-state index contributed by atoms with van der Waals surface area (Å²) in [6, 6.07) is 0. The lowest BCUT2D eigenvalue weighted by molar-refractivity contribution is -0.182. The van der Waals surface area contributed by atoms with Crippen LogP contribution in [0, 0.1) is 0 Å². The van der Waals surface area contributed by atoms with E-state index in [4.69, 9.17) is 11.0 Å². The number of carbonyl (C=O) groups is 1. The van der Waals surface area contributed by atoms with Gasteiger partial charge in [0.05, 0.1) is 6.54 Å². The van der Waals surface area contributed by atoms with Gasteiger partial charge in [0.1, 0.15) is 12.7 Å². The van der Waals surface area contributed by atoms with E-state index in [1.165, 1.54) is 0 Å². The predicted molar refractivity (Wildman–Crippen MR) is 42.3 cm³/mol. The van der Waals surface area contributed by atoms with Crippen LogP contribution in [-0.2, 0) is 9.63 Å². The van der Waals surface area contributed by atoms with Crippen LogP contribution < -0.4 is 5.90 Å². The molecule has 82 valence electrons. The third-order valence-corrected chi connectivity index (χ3v) is 2.19. The van der Waals surface area contributed by atoms with Gasteiger partial charge < -0.3 is 10.0 Å². The fraction of sp³-hybridized carbons (Fsp3) is 0.857. The lowest BCUT2D eigenvalue weighted by Crippen LogP contribution is -2.55. The number of hydrogen-bond acceptors (Lipinski definition) is 4. The standard InChI is InChI=1S/C7H12F2N2O3/c8-7(9)4-11(6(13)3-12)2-1-5(7)14-10/h5,12H,1-4,10H2/t5-/m0/s1. The number of nitrogens with two attached hydrogens (primary N) is 1. The van der Waals surface area contributed by atoms with Crippen LogP contribution in [0.1, 0.15) is 6.42 Å². The number of carbonyl (C=O) groups excluding carboxylic acids is 1. The highest BCUT2D eigenvalue weighted by Crippen LogP contribution is 2.28. The Morgan fingerprint density at radius 3 is 2.79 bits per heavy atom. The van der Waals surface area contributed by atoms with E-state index in [-0.39, 0.29) is 13.0 Å². The molecule has 0 aromatic heterocycles. The fourth-order valence-electron chi connectivity index (χ4n) is 1.40. The molecule has 1 saturated heterocycles. The molecule has 1 amide bonds. The second-order valence-corrected chi connectivity index (χ2v) is 3.15. The first kappa shape index (κ1) is 11.3. The minimum atomic E-state index is -3.15. The van der Waals surface area contributed by atoms with Crippen LogP contribution >= 0.6 is 0 Å². The molecule has 0 aliphatic carbocycles. The monoisotopic (exact) mass is 210 g/mol. The summed E-state index contributed by atoms with van der Waals surface area (Å²) in [5.41, 5.74) is 0. The zero-order valence-corrected chi connectivity index (χ0v) is 7.45. The van der Waals surface area contributed by atoms with Crippen LogP contribution in [0.3, 0.4) is 0 Å². The maximum Gasteiger partial charge on any atom is 0.292 e. The number of likely N-dealkylation sites (tertiary alicyclic amines) is 1. The molecule has 1 rings (SSSR count). The Kier molecular flexibility index (Phi) is 3.35. The summed E-state index contributed by atoms with van der Waals surface area (Å²) in [5.74, 6) is 0.837. The molecule has 14 heavy (non-hydrogen) atoms. The fourth-order valence-corrected chi connectivity index (χ4v) is 1.40. The van der Waals surface area contributed by atoms with Gasteiger partial charge in [-0.3, -0.25) is 9.63 Å². The SMILES string of the molecule is NO[C@H]1CCN(C(=O)CO)CC1(F)F. The molecule has 0 radical (unpaired) electrons. The first-order valence-electron chi connectivity index (χ1n) is 4.13. The summed E-state index contributed by atoms with van der Waals surface area (Å²) in [4.78, 5) is 15.9. The van der Waals surface area contributed by atoms with Crippen molar-refractivity contribution in [3.63, 3.8) is 0 Å². The topological polar surface area (TPSA) is 75.8 Å². The van der Waals surface area contributed by atoms with Gasteiger partial charge in [0.25, 0.3) is 5.92 Å². The zero-order valence-electron chi connectivity index (χ0n) is 7.45. The Hall–Kier alpha value is -0.790. The maximum atomic E-state index is 13.1. The first-order chi connectivity index (χ1) is 6.51. The van der Waals surface area contributed by atoms with Crippen molar-refractivity contribution in [1.29, 1.82) is 0 Å². The van der Waals surface area contributed by atoms with Crippen molar-refractivity contribution in [1.82, 2.24) is 4.90 Å². The minimum Gasteiger partial charge on any atom is -0.387 e. The van der Waals surface area contributed by atoms with Crippen molar-refractivity contribution in [3.8, 4) is 0 Å². The van der Waals surface area contributed by atoms with E-state index in [9.17, 15) is 13.6 Å². The Balaban J connectivity index is 2.62. The molecule has 7 heteroatoms. The van der Waals surface area contributed by atoms with Gasteiger partial charge in [-0.1, -0.05) is 0 Å². The van der Waals surface area contributed by atoms with Gasteiger partial charge in [0, 0.05) is 6.54 Å². The van der Waals surface area contributed by atoms with E-state index < -0.39 is 31.1 Å². The van der Waals surface area contributed by atoms with E-state index in [0.717, 1.165) is 4.90 Å². The molecule has 1 aliphatic rings. The smallest absolute Gasteiger partial charge is 0.292 e. The molecule has 5 nitrogen and oxygen atoms in total. The Labute approximate surface area is 79.4 Å². The van der Waals surface area contributed by atoms with Crippen LogP contribution in [0.5, 0.6) is 0 Å². The number of nitrogens with zero attached hydrogens (tertiary/aromatic N) is 1. The number of alkyl halides is 2. The molecular weight excluding hydrogens is 198 g/mol. The van der Waals surface area contributed by atoms with Crippen molar-refractivity contribution < 1.29 is 23.5 Å². The number of aliphatic hydroxyl groups excluding tert-OH is 1. The summed E-state index contributed by atoms with van der Waals surface area (Å²) in [7, 11) is 0. The highest BCUT2D eigenvalue weighted by atomic mass is 19.3. The maximum absolute atomic E-state index is 13.1. The molecule has 1 fully saturated rings. The van der Waals surface area contributed by atoms with E-state index in [1.54, 1.807) is 0 Å². The average Bonchev–Trinajstić information content (AvgIpc) is 2.15. The van der Waals surface area contributed by atoms with Crippen molar-refractivity contribution in [2.24, 2.45) is 5.90 Å². The number of piperidine rings is 1. The highest BCUT2D eigenvalue weighted by molar-refractivity contribution is 5.77. The van der Waals surface area contributed by atoms with E-state index in [0.29, 0.717) is 0 Å². The second kappa shape index (κ2) is 4.16. The van der Waals surface area contributed by atoms with Gasteiger partial charge in [0.2, 0.25) is 5.91 Å². The van der Waals surface area contributed by atoms with Crippen molar-refractivity contribution in [2.75, 3.05) is 19.7 Å². The van der Waals surface area contributed by atoms with Gasteiger partial charge >= 0.3 is 0 Å². The Morgan fingerprint density at radius 2 is 2.36 bits per heavy atom. The summed E-state index contributed by atoms with van der Waals surface area (Å²) >= 11 is 0. The quantitative estimate of drug-likeness (QED) is 0.579. The van der Waals surface area contributed by atoms with Gasteiger partial charge in [-0.25, -0.2) is 14.7 Å². The van der Waals surface area contributed by atoms with E-state index >= 15 is 0 Å². The van der Waals surface area contributed by atoms with Crippen LogP contribution in [0.4, 0.5) is 8.78 Å². The van der Waals surface area contributed by atoms with Crippen molar-refractivity contribution in [3.05, 3.63) is 0 Å². The number of rotatable bonds is 2. The molecular formula is C7H12F2N2O3. The molecule has 0 unspecified atom stereocenters.